The number of nitriles is 1. The zero-order valence-corrected chi connectivity index (χ0v) is 18.4. The molecule has 0 N–H and O–H groups in total. The largest absolute Gasteiger partial charge is 0.444 e. The van der Waals surface area contributed by atoms with Gasteiger partial charge in [-0.1, -0.05) is 15.7 Å². The zero-order valence-electron chi connectivity index (χ0n) is 17.6. The number of hydrogen-bond acceptors (Lipinski definition) is 9. The molecule has 1 saturated carbocycles. The van der Waals surface area contributed by atoms with Crippen LogP contribution in [0, 0.1) is 29.0 Å². The molecule has 0 spiro atoms. The van der Waals surface area contributed by atoms with Gasteiger partial charge in [-0.05, 0) is 36.4 Å². The van der Waals surface area contributed by atoms with E-state index in [1.54, 1.807) is 31.3 Å². The van der Waals surface area contributed by atoms with Crippen molar-refractivity contribution in [2.75, 3.05) is 29.4 Å². The first-order valence-corrected chi connectivity index (χ1v) is 11.3. The fraction of sp³-hybridized carbons (Fsp3) is 0.364. The highest BCUT2D eigenvalue weighted by Crippen LogP contribution is 2.63. The summed E-state index contributed by atoms with van der Waals surface area (Å²) in [4.78, 5) is 20.0. The third-order valence-corrected chi connectivity index (χ3v) is 7.51. The number of nitrogens with zero attached hydrogens (tertiary/aromatic N) is 7. The second-order valence-corrected chi connectivity index (χ2v) is 9.36. The van der Waals surface area contributed by atoms with Crippen LogP contribution in [0.1, 0.15) is 12.6 Å². The quantitative estimate of drug-likeness (QED) is 0.581. The van der Waals surface area contributed by atoms with Crippen molar-refractivity contribution in [3.63, 3.8) is 0 Å². The molecule has 1 amide bonds. The number of ether oxygens (including phenoxy) is 1. The van der Waals surface area contributed by atoms with Gasteiger partial charge in [-0.3, -0.25) is 9.88 Å². The van der Waals surface area contributed by atoms with Gasteiger partial charge in [-0.15, -0.1) is 0 Å². The zero-order chi connectivity index (χ0) is 22.7. The van der Waals surface area contributed by atoms with E-state index in [1.165, 1.54) is 22.5 Å². The highest BCUT2D eigenvalue weighted by Gasteiger charge is 2.71. The normalized spacial score (nSPS) is 27.9. The number of halogens is 1. The molecule has 3 fully saturated rings. The van der Waals surface area contributed by atoms with Crippen LogP contribution >= 0.6 is 11.5 Å². The Morgan fingerprint density at radius 1 is 1.24 bits per heavy atom. The van der Waals surface area contributed by atoms with Crippen molar-refractivity contribution in [3.05, 3.63) is 48.0 Å². The second-order valence-electron chi connectivity index (χ2n) is 8.64. The number of rotatable bonds is 4. The van der Waals surface area contributed by atoms with E-state index in [1.807, 2.05) is 6.07 Å². The number of hydrogen-bond donors (Lipinski definition) is 0. The van der Waals surface area contributed by atoms with Crippen molar-refractivity contribution in [1.82, 2.24) is 19.8 Å². The highest BCUT2D eigenvalue weighted by molar-refractivity contribution is 7.09. The van der Waals surface area contributed by atoms with Crippen molar-refractivity contribution in [2.45, 2.75) is 18.4 Å². The highest BCUT2D eigenvalue weighted by atomic mass is 32.1. The van der Waals surface area contributed by atoms with Gasteiger partial charge < -0.3 is 9.64 Å². The van der Waals surface area contributed by atoms with E-state index in [2.05, 4.69) is 30.8 Å². The maximum absolute atomic E-state index is 14.9. The lowest BCUT2D eigenvalue weighted by molar-refractivity contribution is 0.150. The lowest BCUT2D eigenvalue weighted by Crippen LogP contribution is -2.30. The van der Waals surface area contributed by atoms with Crippen LogP contribution in [0.3, 0.4) is 0 Å². The average molecular weight is 463 g/mol. The summed E-state index contributed by atoms with van der Waals surface area (Å²) < 4.78 is 23.8. The molecule has 4 atom stereocenters. The number of piperidine rings is 1. The number of amides is 1. The fourth-order valence-corrected chi connectivity index (χ4v) is 5.64. The van der Waals surface area contributed by atoms with Gasteiger partial charge in [0, 0.05) is 53.8 Å². The Balaban J connectivity index is 1.22. The third kappa shape index (κ3) is 2.97. The van der Waals surface area contributed by atoms with E-state index in [9.17, 15) is 14.4 Å². The van der Waals surface area contributed by atoms with Crippen molar-refractivity contribution in [1.29, 1.82) is 5.26 Å². The van der Waals surface area contributed by atoms with Gasteiger partial charge in [0.1, 0.15) is 17.3 Å². The van der Waals surface area contributed by atoms with Gasteiger partial charge >= 0.3 is 6.09 Å². The van der Waals surface area contributed by atoms with Gasteiger partial charge in [0.05, 0.1) is 24.0 Å². The summed E-state index contributed by atoms with van der Waals surface area (Å²) in [5, 5.41) is 18.4. The number of fused-ring (bicyclic) bond motifs is 1. The van der Waals surface area contributed by atoms with Crippen LogP contribution in [0.25, 0.3) is 11.1 Å². The maximum Gasteiger partial charge on any atom is 0.414 e. The summed E-state index contributed by atoms with van der Waals surface area (Å²) in [7, 11) is 0. The van der Waals surface area contributed by atoms with Gasteiger partial charge in [0.2, 0.25) is 5.13 Å². The molecule has 2 aromatic heterocycles. The molecule has 1 unspecified atom stereocenters. The summed E-state index contributed by atoms with van der Waals surface area (Å²) in [6.07, 6.45) is 0.908. The minimum absolute atomic E-state index is 0.170. The Kier molecular flexibility index (Phi) is 4.35. The Morgan fingerprint density at radius 2 is 2.06 bits per heavy atom. The molecule has 0 bridgehead atoms. The molecule has 3 aliphatic rings. The molecule has 9 nitrogen and oxygen atoms in total. The summed E-state index contributed by atoms with van der Waals surface area (Å²) in [5.74, 6) is -0.110. The van der Waals surface area contributed by atoms with Crippen LogP contribution in [0.15, 0.2) is 36.5 Å². The molecule has 4 heterocycles. The Hall–Kier alpha value is -3.65. The smallest absolute Gasteiger partial charge is 0.414 e. The maximum atomic E-state index is 14.9. The van der Waals surface area contributed by atoms with E-state index >= 15 is 0 Å². The van der Waals surface area contributed by atoms with Crippen molar-refractivity contribution in [2.24, 2.45) is 11.8 Å². The molecule has 6 rings (SSSR count). The number of benzene rings is 1. The minimum atomic E-state index is -0.623. The first kappa shape index (κ1) is 20.0. The third-order valence-electron chi connectivity index (χ3n) is 6.85. The molecule has 33 heavy (non-hydrogen) atoms. The number of carbonyl (C=O) groups excluding carboxylic acids is 1. The molecular formula is C22H18FN7O2S. The second kappa shape index (κ2) is 7.18. The monoisotopic (exact) mass is 463 g/mol. The summed E-state index contributed by atoms with van der Waals surface area (Å²) in [5.41, 5.74) is 1.54. The van der Waals surface area contributed by atoms with Crippen LogP contribution in [0.4, 0.5) is 20.0 Å². The number of pyridine rings is 1. The summed E-state index contributed by atoms with van der Waals surface area (Å²) >= 11 is 1.25. The number of anilines is 2. The van der Waals surface area contributed by atoms with Gasteiger partial charge in [-0.25, -0.2) is 9.18 Å². The Labute approximate surface area is 192 Å². The van der Waals surface area contributed by atoms with E-state index in [0.717, 1.165) is 5.13 Å². The SMILES string of the molecule is C[C@H]1CN(c2ccc(-c3ccc(C4(C#N)[C@@H]5CN(c6nnns6)C[C@@H]54)nc3)c(F)c2)C(=O)O1. The molecule has 2 aliphatic heterocycles. The summed E-state index contributed by atoms with van der Waals surface area (Å²) in [6, 6.07) is 10.8. The van der Waals surface area contributed by atoms with Crippen LogP contribution in [0.5, 0.6) is 0 Å². The van der Waals surface area contributed by atoms with Crippen LogP contribution in [-0.4, -0.2) is 51.6 Å². The van der Waals surface area contributed by atoms with Gasteiger partial charge in [0.15, 0.2) is 0 Å². The first-order valence-electron chi connectivity index (χ1n) is 10.6. The molecule has 0 radical (unpaired) electrons. The van der Waals surface area contributed by atoms with Crippen molar-refractivity contribution in [3.8, 4) is 17.2 Å². The molecule has 1 aliphatic carbocycles. The number of carbonyl (C=O) groups is 1. The van der Waals surface area contributed by atoms with Crippen LogP contribution in [0.2, 0.25) is 0 Å². The minimum Gasteiger partial charge on any atom is -0.444 e. The van der Waals surface area contributed by atoms with Crippen molar-refractivity contribution >= 4 is 28.4 Å². The van der Waals surface area contributed by atoms with Gasteiger partial charge in [-0.2, -0.15) is 5.26 Å². The molecular weight excluding hydrogens is 445 g/mol. The first-order chi connectivity index (χ1) is 16.0. The number of cyclic esters (lactones) is 1. The van der Waals surface area contributed by atoms with E-state index in [0.29, 0.717) is 42.1 Å². The Morgan fingerprint density at radius 3 is 2.64 bits per heavy atom. The van der Waals surface area contributed by atoms with E-state index in [4.69, 9.17) is 4.74 Å². The topological polar surface area (TPSA) is 108 Å². The van der Waals surface area contributed by atoms with E-state index < -0.39 is 17.3 Å². The van der Waals surface area contributed by atoms with Gasteiger partial charge in [0.25, 0.3) is 0 Å². The predicted molar refractivity (Wildman–Crippen MR) is 117 cm³/mol. The lowest BCUT2D eigenvalue weighted by Gasteiger charge is -2.21. The molecule has 166 valence electrons. The summed E-state index contributed by atoms with van der Waals surface area (Å²) in [6.45, 7) is 3.61. The fourth-order valence-electron chi connectivity index (χ4n) is 5.16. The molecule has 11 heteroatoms. The predicted octanol–water partition coefficient (Wildman–Crippen LogP) is 3.01. The lowest BCUT2D eigenvalue weighted by atomic mass is 9.95. The number of aromatic nitrogens is 4. The van der Waals surface area contributed by atoms with Crippen LogP contribution < -0.4 is 9.80 Å². The molecule has 2 saturated heterocycles. The molecule has 3 aromatic rings. The Bertz CT molecular complexity index is 1260. The standard InChI is InChI=1S/C22H18FN7O2S/c1-12-8-30(21(31)32-12)14-3-4-15(18(23)6-14)13-2-5-19(25-7-13)22(11-24)16-9-29(10-17(16)22)20-26-27-28-33-20/h2-7,12,16-17H,8-10H2,1H3/t12-,16-,17+,22?/m0/s1. The molecule has 1 aromatic carbocycles. The van der Waals surface area contributed by atoms with Crippen LogP contribution in [-0.2, 0) is 10.2 Å². The van der Waals surface area contributed by atoms with Crippen molar-refractivity contribution < 1.29 is 13.9 Å². The average Bonchev–Trinajstić information content (AvgIpc) is 3.32. The van der Waals surface area contributed by atoms with E-state index in [-0.39, 0.29) is 17.9 Å².